The Labute approximate surface area is 118 Å². The van der Waals surface area contributed by atoms with Crippen LogP contribution >= 0.6 is 0 Å². The van der Waals surface area contributed by atoms with E-state index in [-0.39, 0.29) is 6.04 Å². The van der Waals surface area contributed by atoms with E-state index in [1.807, 2.05) is 11.7 Å². The highest BCUT2D eigenvalue weighted by atomic mass is 15.3. The zero-order valence-electron chi connectivity index (χ0n) is 13.6. The highest BCUT2D eigenvalue weighted by molar-refractivity contribution is 5.27. The Balaban J connectivity index is 2.69. The zero-order chi connectivity index (χ0) is 14.7. The van der Waals surface area contributed by atoms with Crippen LogP contribution in [0.3, 0.4) is 0 Å². The van der Waals surface area contributed by atoms with Gasteiger partial charge in [-0.1, -0.05) is 13.8 Å². The Morgan fingerprint density at radius 1 is 1.26 bits per heavy atom. The van der Waals surface area contributed by atoms with Gasteiger partial charge in [-0.3, -0.25) is 9.58 Å². The van der Waals surface area contributed by atoms with Crippen molar-refractivity contribution in [1.29, 1.82) is 0 Å². The number of hydrogen-bond donors (Lipinski definition) is 1. The molecule has 0 spiro atoms. The number of hydrogen-bond acceptors (Lipinski definition) is 3. The van der Waals surface area contributed by atoms with Crippen LogP contribution in [0.2, 0.25) is 0 Å². The Morgan fingerprint density at radius 2 is 1.84 bits per heavy atom. The standard InChI is InChI=1S/C15H30N4/c1-10(2)14(16)8-9-18(6)12(4)15-11(3)17-19(7)13(15)5/h10,12,14H,8-9,16H2,1-7H3. The van der Waals surface area contributed by atoms with Gasteiger partial charge in [-0.25, -0.2) is 0 Å². The average molecular weight is 266 g/mol. The molecule has 1 aromatic rings. The van der Waals surface area contributed by atoms with Crippen LogP contribution in [-0.4, -0.2) is 34.3 Å². The van der Waals surface area contributed by atoms with Crippen molar-refractivity contribution < 1.29 is 0 Å². The molecule has 0 bridgehead atoms. The van der Waals surface area contributed by atoms with E-state index < -0.39 is 0 Å². The summed E-state index contributed by atoms with van der Waals surface area (Å²) in [4.78, 5) is 2.37. The second-order valence-electron chi connectivity index (χ2n) is 6.06. The maximum Gasteiger partial charge on any atom is 0.0644 e. The Kier molecular flexibility index (Phi) is 5.56. The van der Waals surface area contributed by atoms with Crippen molar-refractivity contribution >= 4 is 0 Å². The van der Waals surface area contributed by atoms with Gasteiger partial charge in [-0.2, -0.15) is 5.10 Å². The lowest BCUT2D eigenvalue weighted by atomic mass is 10.0. The maximum absolute atomic E-state index is 6.12. The molecule has 110 valence electrons. The molecule has 1 heterocycles. The van der Waals surface area contributed by atoms with E-state index >= 15 is 0 Å². The van der Waals surface area contributed by atoms with Crippen molar-refractivity contribution in [3.63, 3.8) is 0 Å². The molecular formula is C15H30N4. The summed E-state index contributed by atoms with van der Waals surface area (Å²) < 4.78 is 1.97. The van der Waals surface area contributed by atoms with Crippen LogP contribution in [0.25, 0.3) is 0 Å². The lowest BCUT2D eigenvalue weighted by Gasteiger charge is -2.27. The smallest absolute Gasteiger partial charge is 0.0644 e. The summed E-state index contributed by atoms with van der Waals surface area (Å²) >= 11 is 0. The molecule has 4 heteroatoms. The lowest BCUT2D eigenvalue weighted by Crippen LogP contribution is -2.33. The zero-order valence-corrected chi connectivity index (χ0v) is 13.6. The van der Waals surface area contributed by atoms with Gasteiger partial charge in [0.05, 0.1) is 5.69 Å². The van der Waals surface area contributed by atoms with E-state index in [0.717, 1.165) is 18.7 Å². The normalized spacial score (nSPS) is 15.3. The van der Waals surface area contributed by atoms with Crippen LogP contribution in [-0.2, 0) is 7.05 Å². The molecule has 2 N–H and O–H groups in total. The first kappa shape index (κ1) is 16.2. The van der Waals surface area contributed by atoms with Crippen LogP contribution in [0.4, 0.5) is 0 Å². The molecule has 0 saturated heterocycles. The topological polar surface area (TPSA) is 47.1 Å². The first-order chi connectivity index (χ1) is 8.75. The summed E-state index contributed by atoms with van der Waals surface area (Å²) in [5, 5.41) is 4.50. The summed E-state index contributed by atoms with van der Waals surface area (Å²) in [6, 6.07) is 0.666. The molecule has 1 rings (SSSR count). The fourth-order valence-electron chi connectivity index (χ4n) is 2.49. The van der Waals surface area contributed by atoms with Gasteiger partial charge in [0.2, 0.25) is 0 Å². The fourth-order valence-corrected chi connectivity index (χ4v) is 2.49. The number of rotatable bonds is 6. The molecule has 0 aliphatic rings. The van der Waals surface area contributed by atoms with Gasteiger partial charge in [0.15, 0.2) is 0 Å². The summed E-state index contributed by atoms with van der Waals surface area (Å²) in [6.45, 7) is 11.9. The Morgan fingerprint density at radius 3 is 2.26 bits per heavy atom. The average Bonchev–Trinajstić information content (AvgIpc) is 2.58. The molecule has 0 aromatic carbocycles. The van der Waals surface area contributed by atoms with Crippen LogP contribution in [0.1, 0.15) is 50.2 Å². The van der Waals surface area contributed by atoms with Crippen LogP contribution < -0.4 is 5.73 Å². The van der Waals surface area contributed by atoms with E-state index in [1.54, 1.807) is 0 Å². The van der Waals surface area contributed by atoms with Crippen molar-refractivity contribution in [2.45, 2.75) is 53.1 Å². The molecule has 4 nitrogen and oxygen atoms in total. The molecule has 0 aliphatic carbocycles. The van der Waals surface area contributed by atoms with Gasteiger partial charge in [-0.15, -0.1) is 0 Å². The molecule has 0 saturated carbocycles. The minimum Gasteiger partial charge on any atom is -0.327 e. The van der Waals surface area contributed by atoms with Crippen LogP contribution in [0.15, 0.2) is 0 Å². The van der Waals surface area contributed by atoms with Crippen LogP contribution in [0.5, 0.6) is 0 Å². The molecule has 0 amide bonds. The number of nitrogens with zero attached hydrogens (tertiary/aromatic N) is 3. The van der Waals surface area contributed by atoms with E-state index in [9.17, 15) is 0 Å². The third kappa shape index (κ3) is 3.80. The van der Waals surface area contributed by atoms with Gasteiger partial charge >= 0.3 is 0 Å². The van der Waals surface area contributed by atoms with Gasteiger partial charge in [0, 0.05) is 30.4 Å². The quantitative estimate of drug-likeness (QED) is 0.860. The van der Waals surface area contributed by atoms with Crippen molar-refractivity contribution in [2.75, 3.05) is 13.6 Å². The van der Waals surface area contributed by atoms with Crippen molar-refractivity contribution in [2.24, 2.45) is 18.7 Å². The highest BCUT2D eigenvalue weighted by Gasteiger charge is 2.20. The van der Waals surface area contributed by atoms with Crippen molar-refractivity contribution in [3.05, 3.63) is 17.0 Å². The molecule has 0 fully saturated rings. The van der Waals surface area contributed by atoms with E-state index in [2.05, 4.69) is 51.7 Å². The van der Waals surface area contributed by atoms with E-state index in [1.165, 1.54) is 11.3 Å². The summed E-state index contributed by atoms with van der Waals surface area (Å²) in [7, 11) is 4.18. The minimum absolute atomic E-state index is 0.283. The lowest BCUT2D eigenvalue weighted by molar-refractivity contribution is 0.242. The SMILES string of the molecule is Cc1nn(C)c(C)c1C(C)N(C)CCC(N)C(C)C. The highest BCUT2D eigenvalue weighted by Crippen LogP contribution is 2.25. The predicted molar refractivity (Wildman–Crippen MR) is 81.2 cm³/mol. The molecule has 0 aliphatic heterocycles. The minimum atomic E-state index is 0.283. The van der Waals surface area contributed by atoms with Gasteiger partial charge in [0.1, 0.15) is 0 Å². The molecule has 1 aromatic heterocycles. The fraction of sp³-hybridized carbons (Fsp3) is 0.800. The second-order valence-corrected chi connectivity index (χ2v) is 6.06. The maximum atomic E-state index is 6.12. The molecule has 0 radical (unpaired) electrons. The summed E-state index contributed by atoms with van der Waals surface area (Å²) in [5.41, 5.74) is 9.86. The monoisotopic (exact) mass is 266 g/mol. The predicted octanol–water partition coefficient (Wildman–Crippen LogP) is 2.40. The summed E-state index contributed by atoms with van der Waals surface area (Å²) in [6.07, 6.45) is 1.04. The van der Waals surface area contributed by atoms with E-state index in [0.29, 0.717) is 12.0 Å². The Bertz CT molecular complexity index is 409. The number of nitrogens with two attached hydrogens (primary N) is 1. The third-order valence-corrected chi connectivity index (χ3v) is 4.32. The molecule has 2 atom stereocenters. The first-order valence-corrected chi connectivity index (χ1v) is 7.21. The van der Waals surface area contributed by atoms with Gasteiger partial charge in [0.25, 0.3) is 0 Å². The van der Waals surface area contributed by atoms with Gasteiger partial charge in [-0.05, 0) is 46.7 Å². The summed E-state index contributed by atoms with van der Waals surface area (Å²) in [5.74, 6) is 0.547. The molecular weight excluding hydrogens is 236 g/mol. The van der Waals surface area contributed by atoms with Crippen molar-refractivity contribution in [3.8, 4) is 0 Å². The third-order valence-electron chi connectivity index (χ3n) is 4.32. The van der Waals surface area contributed by atoms with Gasteiger partial charge < -0.3 is 5.73 Å². The van der Waals surface area contributed by atoms with E-state index in [4.69, 9.17) is 5.73 Å². The molecule has 2 unspecified atom stereocenters. The second kappa shape index (κ2) is 6.53. The van der Waals surface area contributed by atoms with Crippen molar-refractivity contribution in [1.82, 2.24) is 14.7 Å². The number of aromatic nitrogens is 2. The first-order valence-electron chi connectivity index (χ1n) is 7.21. The molecule has 19 heavy (non-hydrogen) atoms. The largest absolute Gasteiger partial charge is 0.327 e. The Hall–Kier alpha value is -0.870. The van der Waals surface area contributed by atoms with Crippen LogP contribution in [0, 0.1) is 19.8 Å². The number of aryl methyl sites for hydroxylation is 2.